The van der Waals surface area contributed by atoms with Gasteiger partial charge in [0.1, 0.15) is 5.69 Å². The Morgan fingerprint density at radius 3 is 3.00 bits per heavy atom. The van der Waals surface area contributed by atoms with Crippen LogP contribution < -0.4 is 5.32 Å². The van der Waals surface area contributed by atoms with Gasteiger partial charge in [0.15, 0.2) is 5.76 Å². The Labute approximate surface area is 113 Å². The second kappa shape index (κ2) is 5.39. The first-order valence-electron chi connectivity index (χ1n) is 5.63. The SMILES string of the molecule is CC(C)n1cc(Br)cc1C(=O)NCc1ccno1. The summed E-state index contributed by atoms with van der Waals surface area (Å²) in [6, 6.07) is 3.75. The minimum Gasteiger partial charge on any atom is -0.360 e. The maximum absolute atomic E-state index is 12.1. The zero-order chi connectivity index (χ0) is 13.1. The molecule has 0 unspecified atom stereocenters. The Morgan fingerprint density at radius 2 is 2.39 bits per heavy atom. The standard InChI is InChI=1S/C12H14BrN3O2/c1-8(2)16-7-9(13)5-11(16)12(17)14-6-10-3-4-15-18-10/h3-5,7-8H,6H2,1-2H3,(H,14,17). The first-order chi connectivity index (χ1) is 8.58. The highest BCUT2D eigenvalue weighted by Gasteiger charge is 2.15. The molecule has 1 N–H and O–H groups in total. The first kappa shape index (κ1) is 12.9. The summed E-state index contributed by atoms with van der Waals surface area (Å²) in [7, 11) is 0. The molecule has 2 heterocycles. The number of nitrogens with zero attached hydrogens (tertiary/aromatic N) is 2. The molecule has 0 spiro atoms. The van der Waals surface area contributed by atoms with Crippen LogP contribution in [0, 0.1) is 0 Å². The third-order valence-electron chi connectivity index (χ3n) is 2.52. The molecule has 2 aromatic rings. The minimum absolute atomic E-state index is 0.134. The number of nitrogens with one attached hydrogen (secondary N) is 1. The van der Waals surface area contributed by atoms with Gasteiger partial charge in [0.05, 0.1) is 12.7 Å². The monoisotopic (exact) mass is 311 g/mol. The Balaban J connectivity index is 2.09. The van der Waals surface area contributed by atoms with Gasteiger partial charge in [0, 0.05) is 22.8 Å². The van der Waals surface area contributed by atoms with Gasteiger partial charge >= 0.3 is 0 Å². The van der Waals surface area contributed by atoms with Crippen molar-refractivity contribution in [1.29, 1.82) is 0 Å². The zero-order valence-electron chi connectivity index (χ0n) is 10.2. The van der Waals surface area contributed by atoms with Crippen molar-refractivity contribution in [2.75, 3.05) is 0 Å². The molecule has 0 fully saturated rings. The van der Waals surface area contributed by atoms with Gasteiger partial charge in [-0.1, -0.05) is 5.16 Å². The molecule has 0 saturated carbocycles. The van der Waals surface area contributed by atoms with Crippen LogP contribution in [0.5, 0.6) is 0 Å². The second-order valence-corrected chi connectivity index (χ2v) is 5.12. The number of aromatic nitrogens is 2. The summed E-state index contributed by atoms with van der Waals surface area (Å²) in [4.78, 5) is 12.1. The van der Waals surface area contributed by atoms with Crippen molar-refractivity contribution in [3.63, 3.8) is 0 Å². The van der Waals surface area contributed by atoms with Crippen molar-refractivity contribution in [3.05, 3.63) is 40.5 Å². The van der Waals surface area contributed by atoms with Gasteiger partial charge in [-0.25, -0.2) is 0 Å². The highest BCUT2D eigenvalue weighted by molar-refractivity contribution is 9.10. The van der Waals surface area contributed by atoms with Crippen molar-refractivity contribution < 1.29 is 9.32 Å². The van der Waals surface area contributed by atoms with E-state index in [4.69, 9.17) is 4.52 Å². The number of halogens is 1. The molecule has 0 aliphatic rings. The van der Waals surface area contributed by atoms with E-state index in [0.29, 0.717) is 18.0 Å². The van der Waals surface area contributed by atoms with Gasteiger partial charge in [0.2, 0.25) is 0 Å². The highest BCUT2D eigenvalue weighted by Crippen LogP contribution is 2.19. The number of carbonyl (C=O) groups is 1. The average Bonchev–Trinajstić information content (AvgIpc) is 2.94. The molecule has 0 bridgehead atoms. The van der Waals surface area contributed by atoms with Gasteiger partial charge in [-0.3, -0.25) is 4.79 Å². The molecule has 0 atom stereocenters. The predicted octanol–water partition coefficient (Wildman–Crippen LogP) is 2.75. The summed E-state index contributed by atoms with van der Waals surface area (Å²) in [6.07, 6.45) is 3.45. The maximum Gasteiger partial charge on any atom is 0.268 e. The van der Waals surface area contributed by atoms with Crippen molar-refractivity contribution >= 4 is 21.8 Å². The van der Waals surface area contributed by atoms with Crippen LogP contribution >= 0.6 is 15.9 Å². The van der Waals surface area contributed by atoms with Gasteiger partial charge in [-0.15, -0.1) is 0 Å². The molecule has 96 valence electrons. The van der Waals surface area contributed by atoms with Gasteiger partial charge < -0.3 is 14.4 Å². The van der Waals surface area contributed by atoms with Crippen molar-refractivity contribution in [1.82, 2.24) is 15.0 Å². The molecular weight excluding hydrogens is 298 g/mol. The van der Waals surface area contributed by atoms with Crippen molar-refractivity contribution in [2.45, 2.75) is 26.4 Å². The van der Waals surface area contributed by atoms with E-state index < -0.39 is 0 Å². The van der Waals surface area contributed by atoms with Crippen molar-refractivity contribution in [2.24, 2.45) is 0 Å². The van der Waals surface area contributed by atoms with E-state index >= 15 is 0 Å². The first-order valence-corrected chi connectivity index (χ1v) is 6.42. The van der Waals surface area contributed by atoms with E-state index in [9.17, 15) is 4.79 Å². The third-order valence-corrected chi connectivity index (χ3v) is 2.95. The summed E-state index contributed by atoms with van der Waals surface area (Å²) in [5, 5.41) is 6.38. The number of carbonyl (C=O) groups excluding carboxylic acids is 1. The van der Waals surface area contributed by atoms with E-state index in [0.717, 1.165) is 4.47 Å². The molecule has 2 aromatic heterocycles. The number of hydrogen-bond acceptors (Lipinski definition) is 3. The lowest BCUT2D eigenvalue weighted by Gasteiger charge is -2.12. The molecule has 18 heavy (non-hydrogen) atoms. The van der Waals surface area contributed by atoms with Crippen LogP contribution in [0.1, 0.15) is 36.1 Å². The molecule has 0 aliphatic carbocycles. The Kier molecular flexibility index (Phi) is 3.86. The summed E-state index contributed by atoms with van der Waals surface area (Å²) in [5.41, 5.74) is 0.622. The van der Waals surface area contributed by atoms with Crippen molar-refractivity contribution in [3.8, 4) is 0 Å². The fourth-order valence-electron chi connectivity index (χ4n) is 1.65. The van der Waals surface area contributed by atoms with E-state index in [2.05, 4.69) is 26.4 Å². The topological polar surface area (TPSA) is 60.1 Å². The molecule has 0 aromatic carbocycles. The molecule has 0 aliphatic heterocycles. The van der Waals surface area contributed by atoms with Gasteiger partial charge in [-0.05, 0) is 35.8 Å². The van der Waals surface area contributed by atoms with Crippen LogP contribution in [0.15, 0.2) is 33.5 Å². The lowest BCUT2D eigenvalue weighted by Crippen LogP contribution is -2.25. The van der Waals surface area contributed by atoms with Crippen LogP contribution in [0.3, 0.4) is 0 Å². The molecule has 2 rings (SSSR count). The average molecular weight is 312 g/mol. The normalized spacial score (nSPS) is 10.9. The summed E-state index contributed by atoms with van der Waals surface area (Å²) < 4.78 is 7.73. The van der Waals surface area contributed by atoms with Gasteiger partial charge in [-0.2, -0.15) is 0 Å². The smallest absolute Gasteiger partial charge is 0.268 e. The third kappa shape index (κ3) is 2.81. The van der Waals surface area contributed by atoms with Gasteiger partial charge in [0.25, 0.3) is 5.91 Å². The number of amides is 1. The Morgan fingerprint density at radius 1 is 1.61 bits per heavy atom. The zero-order valence-corrected chi connectivity index (χ0v) is 11.8. The van der Waals surface area contributed by atoms with E-state index in [1.165, 1.54) is 0 Å². The lowest BCUT2D eigenvalue weighted by molar-refractivity contribution is 0.0936. The Bertz CT molecular complexity index is 532. The fourth-order valence-corrected chi connectivity index (χ4v) is 2.08. The number of hydrogen-bond donors (Lipinski definition) is 1. The largest absolute Gasteiger partial charge is 0.360 e. The molecule has 0 radical (unpaired) electrons. The summed E-state index contributed by atoms with van der Waals surface area (Å²) >= 11 is 3.38. The molecule has 0 saturated heterocycles. The van der Waals surface area contributed by atoms with Crippen LogP contribution in [0.4, 0.5) is 0 Å². The van der Waals surface area contributed by atoms with E-state index in [1.807, 2.05) is 24.6 Å². The quantitative estimate of drug-likeness (QED) is 0.944. The maximum atomic E-state index is 12.1. The van der Waals surface area contributed by atoms with Crippen LogP contribution in [-0.4, -0.2) is 15.6 Å². The molecule has 1 amide bonds. The fraction of sp³-hybridized carbons (Fsp3) is 0.333. The van der Waals surface area contributed by atoms with E-state index in [-0.39, 0.29) is 11.9 Å². The molecular formula is C12H14BrN3O2. The molecule has 6 heteroatoms. The van der Waals surface area contributed by atoms with E-state index in [1.54, 1.807) is 18.3 Å². The highest BCUT2D eigenvalue weighted by atomic mass is 79.9. The molecule has 5 nitrogen and oxygen atoms in total. The Hall–Kier alpha value is -1.56. The van der Waals surface area contributed by atoms with Crippen LogP contribution in [0.25, 0.3) is 0 Å². The number of rotatable bonds is 4. The van der Waals surface area contributed by atoms with Crippen LogP contribution in [0.2, 0.25) is 0 Å². The second-order valence-electron chi connectivity index (χ2n) is 4.21. The minimum atomic E-state index is -0.134. The summed E-state index contributed by atoms with van der Waals surface area (Å²) in [5.74, 6) is 0.496. The predicted molar refractivity (Wildman–Crippen MR) is 70.2 cm³/mol. The summed E-state index contributed by atoms with van der Waals surface area (Å²) in [6.45, 7) is 4.39. The van der Waals surface area contributed by atoms with Crippen LogP contribution in [-0.2, 0) is 6.54 Å². The lowest BCUT2D eigenvalue weighted by atomic mass is 10.3.